The summed E-state index contributed by atoms with van der Waals surface area (Å²) in [5, 5.41) is 12.0. The van der Waals surface area contributed by atoms with Gasteiger partial charge in [-0.2, -0.15) is 0 Å². The summed E-state index contributed by atoms with van der Waals surface area (Å²) in [5.74, 6) is 0.858. The van der Waals surface area contributed by atoms with Gasteiger partial charge in [-0.1, -0.05) is 12.8 Å². The molecule has 1 heterocycles. The highest BCUT2D eigenvalue weighted by molar-refractivity contribution is 4.73. The van der Waals surface area contributed by atoms with E-state index in [1.165, 1.54) is 58.3 Å². The minimum Gasteiger partial charge on any atom is -0.396 e. The highest BCUT2D eigenvalue weighted by Gasteiger charge is 2.18. The van der Waals surface area contributed by atoms with E-state index in [-0.39, 0.29) is 0 Å². The molecule has 1 aliphatic heterocycles. The first-order valence-electron chi connectivity index (χ1n) is 6.84. The van der Waals surface area contributed by atoms with Crippen LogP contribution in [0.3, 0.4) is 0 Å². The van der Waals surface area contributed by atoms with E-state index in [0.717, 1.165) is 12.3 Å². The lowest BCUT2D eigenvalue weighted by molar-refractivity contribution is 0.170. The number of nitrogens with one attached hydrogen (secondary N) is 1. The lowest BCUT2D eigenvalue weighted by atomic mass is 9.98. The molecular formula is C13H28N2O. The van der Waals surface area contributed by atoms with Crippen LogP contribution in [0.2, 0.25) is 0 Å². The SMILES string of the molecule is CNCC1CCCN(CCCCCCO)C1. The molecule has 0 radical (unpaired) electrons. The quantitative estimate of drug-likeness (QED) is 0.618. The summed E-state index contributed by atoms with van der Waals surface area (Å²) in [6.45, 7) is 5.35. The first-order valence-corrected chi connectivity index (χ1v) is 6.84. The predicted molar refractivity (Wildman–Crippen MR) is 68.6 cm³/mol. The van der Waals surface area contributed by atoms with Gasteiger partial charge in [-0.25, -0.2) is 0 Å². The van der Waals surface area contributed by atoms with E-state index in [1.807, 2.05) is 7.05 Å². The van der Waals surface area contributed by atoms with Crippen LogP contribution in [0.25, 0.3) is 0 Å². The number of hydrogen-bond acceptors (Lipinski definition) is 3. The molecule has 1 aliphatic rings. The van der Waals surface area contributed by atoms with Gasteiger partial charge in [0.2, 0.25) is 0 Å². The first kappa shape index (κ1) is 13.9. The van der Waals surface area contributed by atoms with Crippen molar-refractivity contribution in [1.82, 2.24) is 10.2 Å². The summed E-state index contributed by atoms with van der Waals surface area (Å²) in [7, 11) is 2.05. The average Bonchev–Trinajstić information content (AvgIpc) is 2.30. The van der Waals surface area contributed by atoms with Gasteiger partial charge in [-0.05, 0) is 58.3 Å². The summed E-state index contributed by atoms with van der Waals surface area (Å²) < 4.78 is 0. The molecule has 1 atom stereocenters. The molecule has 96 valence electrons. The Bertz CT molecular complexity index is 162. The lowest BCUT2D eigenvalue weighted by Crippen LogP contribution is -2.39. The fourth-order valence-corrected chi connectivity index (χ4v) is 2.61. The van der Waals surface area contributed by atoms with Crippen molar-refractivity contribution in [2.24, 2.45) is 5.92 Å². The van der Waals surface area contributed by atoms with E-state index in [9.17, 15) is 0 Å². The van der Waals surface area contributed by atoms with Gasteiger partial charge in [0.15, 0.2) is 0 Å². The topological polar surface area (TPSA) is 35.5 Å². The number of nitrogens with zero attached hydrogens (tertiary/aromatic N) is 1. The molecule has 1 rings (SSSR count). The van der Waals surface area contributed by atoms with Crippen LogP contribution in [0.15, 0.2) is 0 Å². The van der Waals surface area contributed by atoms with E-state index in [1.54, 1.807) is 0 Å². The van der Waals surface area contributed by atoms with Crippen molar-refractivity contribution in [1.29, 1.82) is 0 Å². The molecule has 0 spiro atoms. The summed E-state index contributed by atoms with van der Waals surface area (Å²) in [5.41, 5.74) is 0. The Morgan fingerprint density at radius 1 is 1.25 bits per heavy atom. The molecule has 0 aromatic rings. The lowest BCUT2D eigenvalue weighted by Gasteiger charge is -2.32. The molecule has 0 aromatic carbocycles. The fraction of sp³-hybridized carbons (Fsp3) is 1.00. The largest absolute Gasteiger partial charge is 0.396 e. The Hall–Kier alpha value is -0.120. The van der Waals surface area contributed by atoms with Gasteiger partial charge < -0.3 is 15.3 Å². The zero-order valence-electron chi connectivity index (χ0n) is 10.7. The maximum Gasteiger partial charge on any atom is 0.0431 e. The molecule has 1 saturated heterocycles. The van der Waals surface area contributed by atoms with Crippen molar-refractivity contribution in [2.45, 2.75) is 38.5 Å². The third-order valence-electron chi connectivity index (χ3n) is 3.48. The average molecular weight is 228 g/mol. The number of likely N-dealkylation sites (tertiary alicyclic amines) is 1. The minimum absolute atomic E-state index is 0.355. The van der Waals surface area contributed by atoms with Crippen molar-refractivity contribution < 1.29 is 5.11 Å². The van der Waals surface area contributed by atoms with Gasteiger partial charge in [-0.3, -0.25) is 0 Å². The van der Waals surface area contributed by atoms with Gasteiger partial charge in [0, 0.05) is 13.2 Å². The molecule has 3 nitrogen and oxygen atoms in total. The van der Waals surface area contributed by atoms with Gasteiger partial charge in [0.1, 0.15) is 0 Å². The molecule has 0 aromatic heterocycles. The predicted octanol–water partition coefficient (Wildman–Crippen LogP) is 1.47. The van der Waals surface area contributed by atoms with Crippen LogP contribution >= 0.6 is 0 Å². The standard InChI is InChI=1S/C13H28N2O/c1-14-11-13-7-6-9-15(12-13)8-4-2-3-5-10-16/h13-14,16H,2-12H2,1H3. The number of aliphatic hydroxyl groups excluding tert-OH is 1. The number of aliphatic hydroxyl groups is 1. The summed E-state index contributed by atoms with van der Waals surface area (Å²) in [6, 6.07) is 0. The molecule has 0 saturated carbocycles. The van der Waals surface area contributed by atoms with E-state index in [2.05, 4.69) is 10.2 Å². The van der Waals surface area contributed by atoms with Crippen molar-refractivity contribution in [2.75, 3.05) is 39.8 Å². The van der Waals surface area contributed by atoms with Crippen molar-refractivity contribution in [3.8, 4) is 0 Å². The molecule has 0 amide bonds. The molecule has 16 heavy (non-hydrogen) atoms. The van der Waals surface area contributed by atoms with E-state index in [0.29, 0.717) is 6.61 Å². The maximum atomic E-state index is 8.69. The zero-order valence-corrected chi connectivity index (χ0v) is 10.7. The Morgan fingerprint density at radius 2 is 2.06 bits per heavy atom. The second-order valence-corrected chi connectivity index (χ2v) is 5.00. The molecule has 3 heteroatoms. The van der Waals surface area contributed by atoms with Gasteiger partial charge in [0.25, 0.3) is 0 Å². The second-order valence-electron chi connectivity index (χ2n) is 5.00. The first-order chi connectivity index (χ1) is 7.86. The highest BCUT2D eigenvalue weighted by atomic mass is 16.2. The van der Waals surface area contributed by atoms with Crippen LogP contribution in [0.5, 0.6) is 0 Å². The number of unbranched alkanes of at least 4 members (excludes halogenated alkanes) is 3. The Balaban J connectivity index is 2.02. The molecule has 0 bridgehead atoms. The van der Waals surface area contributed by atoms with E-state index in [4.69, 9.17) is 5.11 Å². The normalized spacial score (nSPS) is 22.5. The Morgan fingerprint density at radius 3 is 2.81 bits per heavy atom. The molecule has 1 unspecified atom stereocenters. The molecule has 2 N–H and O–H groups in total. The van der Waals surface area contributed by atoms with Crippen molar-refractivity contribution in [3.05, 3.63) is 0 Å². The highest BCUT2D eigenvalue weighted by Crippen LogP contribution is 2.16. The molecule has 1 fully saturated rings. The smallest absolute Gasteiger partial charge is 0.0431 e. The van der Waals surface area contributed by atoms with Gasteiger partial charge >= 0.3 is 0 Å². The van der Waals surface area contributed by atoms with Crippen LogP contribution < -0.4 is 5.32 Å². The monoisotopic (exact) mass is 228 g/mol. The molecular weight excluding hydrogens is 200 g/mol. The number of rotatable bonds is 8. The van der Waals surface area contributed by atoms with Crippen LogP contribution in [0.1, 0.15) is 38.5 Å². The van der Waals surface area contributed by atoms with E-state index >= 15 is 0 Å². The minimum atomic E-state index is 0.355. The van der Waals surface area contributed by atoms with Crippen LogP contribution in [-0.4, -0.2) is 49.8 Å². The summed E-state index contributed by atoms with van der Waals surface area (Å²) >= 11 is 0. The zero-order chi connectivity index (χ0) is 11.6. The van der Waals surface area contributed by atoms with Crippen LogP contribution in [0, 0.1) is 5.92 Å². The Kier molecular flexibility index (Phi) is 7.81. The third-order valence-corrected chi connectivity index (χ3v) is 3.48. The second kappa shape index (κ2) is 8.97. The third kappa shape index (κ3) is 5.83. The van der Waals surface area contributed by atoms with Crippen LogP contribution in [0.4, 0.5) is 0 Å². The molecule has 0 aliphatic carbocycles. The summed E-state index contributed by atoms with van der Waals surface area (Å²) in [4.78, 5) is 2.62. The van der Waals surface area contributed by atoms with Gasteiger partial charge in [0.05, 0.1) is 0 Å². The summed E-state index contributed by atoms with van der Waals surface area (Å²) in [6.07, 6.45) is 7.48. The van der Waals surface area contributed by atoms with Crippen molar-refractivity contribution in [3.63, 3.8) is 0 Å². The number of piperidine rings is 1. The Labute approximate surface area is 100 Å². The fourth-order valence-electron chi connectivity index (χ4n) is 2.61. The van der Waals surface area contributed by atoms with Crippen molar-refractivity contribution >= 4 is 0 Å². The number of hydrogen-bond donors (Lipinski definition) is 2. The maximum absolute atomic E-state index is 8.69. The van der Waals surface area contributed by atoms with Crippen LogP contribution in [-0.2, 0) is 0 Å². The van der Waals surface area contributed by atoms with Gasteiger partial charge in [-0.15, -0.1) is 0 Å². The van der Waals surface area contributed by atoms with E-state index < -0.39 is 0 Å².